The van der Waals surface area contributed by atoms with E-state index in [-0.39, 0.29) is 12.2 Å². The van der Waals surface area contributed by atoms with Gasteiger partial charge in [0.2, 0.25) is 5.91 Å². The van der Waals surface area contributed by atoms with Crippen molar-refractivity contribution >= 4 is 38.5 Å². The lowest BCUT2D eigenvalue weighted by atomic mass is 10.1. The lowest BCUT2D eigenvalue weighted by Gasteiger charge is -2.15. The molecule has 0 spiro atoms. The van der Waals surface area contributed by atoms with E-state index in [2.05, 4.69) is 21.2 Å². The minimum atomic E-state index is -1.25. The highest BCUT2D eigenvalue weighted by molar-refractivity contribution is 9.10. The highest BCUT2D eigenvalue weighted by atomic mass is 79.9. The van der Waals surface area contributed by atoms with Crippen LogP contribution in [0.5, 0.6) is 0 Å². The van der Waals surface area contributed by atoms with Crippen molar-refractivity contribution in [2.45, 2.75) is 17.4 Å². The van der Waals surface area contributed by atoms with Crippen LogP contribution in [0, 0.1) is 0 Å². The summed E-state index contributed by atoms with van der Waals surface area (Å²) in [6.07, 6.45) is 0.205. The number of carbonyl (C=O) groups excluding carboxylic acids is 2. The van der Waals surface area contributed by atoms with Crippen molar-refractivity contribution in [1.29, 1.82) is 0 Å². The molecule has 126 valence electrons. The molecule has 0 saturated carbocycles. The van der Waals surface area contributed by atoms with Crippen molar-refractivity contribution in [2.24, 2.45) is 5.73 Å². The second-order valence-corrected chi connectivity index (χ2v) is 7.58. The number of halogens is 1. The molecule has 0 aliphatic carbocycles. The minimum absolute atomic E-state index is 0.205. The molecule has 2 amide bonds. The second kappa shape index (κ2) is 8.75. The van der Waals surface area contributed by atoms with E-state index in [1.807, 2.05) is 6.07 Å². The van der Waals surface area contributed by atoms with Crippen LogP contribution in [-0.4, -0.2) is 27.8 Å². The smallest absolute Gasteiger partial charge is 0.251 e. The number of hydrogen-bond donors (Lipinski definition) is 2. The average Bonchev–Trinajstić information content (AvgIpc) is 2.58. The summed E-state index contributed by atoms with van der Waals surface area (Å²) in [6, 6.07) is 14.9. The van der Waals surface area contributed by atoms with E-state index in [1.54, 1.807) is 48.5 Å². The zero-order valence-corrected chi connectivity index (χ0v) is 15.2. The maximum atomic E-state index is 12.2. The van der Waals surface area contributed by atoms with E-state index in [0.717, 1.165) is 4.47 Å². The summed E-state index contributed by atoms with van der Waals surface area (Å²) in [6.45, 7) is 0. The van der Waals surface area contributed by atoms with Gasteiger partial charge in [-0.05, 0) is 36.8 Å². The molecular weight excluding hydrogens is 392 g/mol. The SMILES string of the molecule is NC(=O)[C@H](CC[S@](=O)c1ccccc1)NC(=O)c1cccc(Br)c1. The predicted molar refractivity (Wildman–Crippen MR) is 96.9 cm³/mol. The number of carbonyl (C=O) groups is 2. The zero-order valence-electron chi connectivity index (χ0n) is 12.8. The Bertz CT molecular complexity index is 753. The van der Waals surface area contributed by atoms with Crippen LogP contribution < -0.4 is 11.1 Å². The molecule has 0 heterocycles. The van der Waals surface area contributed by atoms with Crippen molar-refractivity contribution in [3.05, 3.63) is 64.6 Å². The molecule has 7 heteroatoms. The van der Waals surface area contributed by atoms with E-state index in [4.69, 9.17) is 5.73 Å². The van der Waals surface area contributed by atoms with Gasteiger partial charge in [-0.15, -0.1) is 0 Å². The summed E-state index contributed by atoms with van der Waals surface area (Å²) >= 11 is 3.29. The molecule has 0 unspecified atom stereocenters. The van der Waals surface area contributed by atoms with E-state index >= 15 is 0 Å². The van der Waals surface area contributed by atoms with E-state index in [0.29, 0.717) is 10.5 Å². The van der Waals surface area contributed by atoms with Gasteiger partial charge in [-0.25, -0.2) is 0 Å². The zero-order chi connectivity index (χ0) is 17.5. The third-order valence-electron chi connectivity index (χ3n) is 3.33. The summed E-state index contributed by atoms with van der Waals surface area (Å²) in [5.41, 5.74) is 5.77. The Morgan fingerprint density at radius 2 is 1.83 bits per heavy atom. The van der Waals surface area contributed by atoms with Crippen LogP contribution in [0.15, 0.2) is 64.0 Å². The number of nitrogens with one attached hydrogen (secondary N) is 1. The molecule has 24 heavy (non-hydrogen) atoms. The Morgan fingerprint density at radius 3 is 2.46 bits per heavy atom. The van der Waals surface area contributed by atoms with Gasteiger partial charge >= 0.3 is 0 Å². The Labute approximate surface area is 151 Å². The van der Waals surface area contributed by atoms with Gasteiger partial charge in [0.15, 0.2) is 0 Å². The quantitative estimate of drug-likeness (QED) is 0.735. The van der Waals surface area contributed by atoms with Gasteiger partial charge in [0.25, 0.3) is 5.91 Å². The Hall–Kier alpha value is -1.99. The fraction of sp³-hybridized carbons (Fsp3) is 0.176. The van der Waals surface area contributed by atoms with Crippen molar-refractivity contribution in [3.63, 3.8) is 0 Å². The lowest BCUT2D eigenvalue weighted by Crippen LogP contribution is -2.45. The Balaban J connectivity index is 1.98. The highest BCUT2D eigenvalue weighted by Gasteiger charge is 2.20. The van der Waals surface area contributed by atoms with Gasteiger partial charge < -0.3 is 11.1 Å². The third-order valence-corrected chi connectivity index (χ3v) is 5.23. The van der Waals surface area contributed by atoms with E-state index < -0.39 is 28.7 Å². The third kappa shape index (κ3) is 5.28. The van der Waals surface area contributed by atoms with Crippen LogP contribution in [0.3, 0.4) is 0 Å². The number of primary amides is 1. The second-order valence-electron chi connectivity index (χ2n) is 5.09. The molecule has 2 atom stereocenters. The molecule has 0 saturated heterocycles. The fourth-order valence-corrected chi connectivity index (χ4v) is 3.62. The summed E-state index contributed by atoms with van der Waals surface area (Å²) < 4.78 is 13.0. The first-order valence-corrected chi connectivity index (χ1v) is 9.37. The molecule has 3 N–H and O–H groups in total. The molecule has 0 bridgehead atoms. The van der Waals surface area contributed by atoms with Crippen molar-refractivity contribution in [1.82, 2.24) is 5.32 Å². The van der Waals surface area contributed by atoms with Crippen LogP contribution >= 0.6 is 15.9 Å². The molecule has 2 aromatic rings. The normalized spacial score (nSPS) is 13.0. The molecule has 0 radical (unpaired) electrons. The van der Waals surface area contributed by atoms with Crippen LogP contribution in [0.4, 0.5) is 0 Å². The first kappa shape index (κ1) is 18.4. The molecule has 2 rings (SSSR count). The molecule has 0 fully saturated rings. The van der Waals surface area contributed by atoms with E-state index in [9.17, 15) is 13.8 Å². The van der Waals surface area contributed by atoms with Crippen molar-refractivity contribution < 1.29 is 13.8 Å². The topological polar surface area (TPSA) is 89.3 Å². The maximum Gasteiger partial charge on any atom is 0.251 e. The van der Waals surface area contributed by atoms with Gasteiger partial charge in [-0.3, -0.25) is 13.8 Å². The number of hydrogen-bond acceptors (Lipinski definition) is 3. The highest BCUT2D eigenvalue weighted by Crippen LogP contribution is 2.12. The largest absolute Gasteiger partial charge is 0.368 e. The molecular formula is C17H17BrN2O3S. The first-order chi connectivity index (χ1) is 11.5. The summed E-state index contributed by atoms with van der Waals surface area (Å²) in [5, 5.41) is 2.60. The molecule has 0 aromatic heterocycles. The average molecular weight is 409 g/mol. The molecule has 0 aliphatic rings. The lowest BCUT2D eigenvalue weighted by molar-refractivity contribution is -0.119. The van der Waals surface area contributed by atoms with Crippen LogP contribution in [-0.2, 0) is 15.6 Å². The standard InChI is InChI=1S/C17H17BrN2O3S/c18-13-6-4-5-12(11-13)17(22)20-15(16(19)21)9-10-24(23)14-7-2-1-3-8-14/h1-8,11,15H,9-10H2,(H2,19,21)(H,20,22)/t15-,24-/m0/s1. The maximum absolute atomic E-state index is 12.2. The summed E-state index contributed by atoms with van der Waals surface area (Å²) in [4.78, 5) is 24.5. The summed E-state index contributed by atoms with van der Waals surface area (Å²) in [7, 11) is -1.25. The van der Waals surface area contributed by atoms with Gasteiger partial charge in [0, 0.05) is 20.7 Å². The van der Waals surface area contributed by atoms with E-state index in [1.165, 1.54) is 0 Å². The number of nitrogens with two attached hydrogens (primary N) is 1. The van der Waals surface area contributed by atoms with Gasteiger partial charge in [0.05, 0.1) is 10.8 Å². The van der Waals surface area contributed by atoms with Crippen LogP contribution in [0.2, 0.25) is 0 Å². The number of amides is 2. The van der Waals surface area contributed by atoms with Gasteiger partial charge in [-0.1, -0.05) is 40.2 Å². The molecule has 2 aromatic carbocycles. The minimum Gasteiger partial charge on any atom is -0.368 e. The predicted octanol–water partition coefficient (Wildman–Crippen LogP) is 2.23. The Kier molecular flexibility index (Phi) is 6.69. The van der Waals surface area contributed by atoms with Crippen molar-refractivity contribution in [3.8, 4) is 0 Å². The van der Waals surface area contributed by atoms with Gasteiger partial charge in [0.1, 0.15) is 6.04 Å². The first-order valence-electron chi connectivity index (χ1n) is 7.26. The monoisotopic (exact) mass is 408 g/mol. The van der Waals surface area contributed by atoms with Gasteiger partial charge in [-0.2, -0.15) is 0 Å². The summed E-state index contributed by atoms with van der Waals surface area (Å²) in [5.74, 6) is -0.815. The molecule has 5 nitrogen and oxygen atoms in total. The fourth-order valence-electron chi connectivity index (χ4n) is 2.07. The number of rotatable bonds is 7. The number of benzene rings is 2. The van der Waals surface area contributed by atoms with Crippen molar-refractivity contribution in [2.75, 3.05) is 5.75 Å². The van der Waals surface area contributed by atoms with Crippen LogP contribution in [0.25, 0.3) is 0 Å². The Morgan fingerprint density at radius 1 is 1.12 bits per heavy atom. The molecule has 0 aliphatic heterocycles. The van der Waals surface area contributed by atoms with Crippen LogP contribution in [0.1, 0.15) is 16.8 Å².